The van der Waals surface area contributed by atoms with Gasteiger partial charge in [0.2, 0.25) is 5.89 Å². The maximum Gasteiger partial charge on any atom is 0.347 e. The van der Waals surface area contributed by atoms with Gasteiger partial charge in [-0.05, 0) is 68.8 Å². The molecule has 0 atom stereocenters. The summed E-state index contributed by atoms with van der Waals surface area (Å²) in [5.74, 6) is 2.23. The van der Waals surface area contributed by atoms with Gasteiger partial charge in [-0.15, -0.1) is 0 Å². The van der Waals surface area contributed by atoms with E-state index in [9.17, 15) is 9.90 Å². The molecular weight excluding hydrogens is 458 g/mol. The average molecular weight is 488 g/mol. The fourth-order valence-electron chi connectivity index (χ4n) is 3.67. The third-order valence-corrected chi connectivity index (χ3v) is 5.76. The normalized spacial score (nSPS) is 11.2. The number of aromatic nitrogens is 1. The third kappa shape index (κ3) is 5.68. The molecule has 0 fully saturated rings. The molecule has 0 unspecified atom stereocenters. The fourth-order valence-corrected chi connectivity index (χ4v) is 3.67. The highest BCUT2D eigenvalue weighted by Crippen LogP contribution is 2.31. The van der Waals surface area contributed by atoms with Gasteiger partial charge >= 0.3 is 5.97 Å². The number of nitrogens with zero attached hydrogens (tertiary/aromatic N) is 1. The number of methoxy groups -OCH3 is 1. The Morgan fingerprint density at radius 3 is 2.25 bits per heavy atom. The quantitative estimate of drug-likeness (QED) is 0.285. The van der Waals surface area contributed by atoms with E-state index >= 15 is 0 Å². The lowest BCUT2D eigenvalue weighted by atomic mass is 10.0. The second kappa shape index (κ2) is 10.6. The van der Waals surface area contributed by atoms with E-state index < -0.39 is 11.6 Å². The molecule has 7 nitrogen and oxygen atoms in total. The number of para-hydroxylation sites is 1. The molecule has 4 aromatic rings. The van der Waals surface area contributed by atoms with E-state index in [0.29, 0.717) is 30.4 Å². The van der Waals surface area contributed by atoms with Crippen molar-refractivity contribution in [1.82, 2.24) is 4.98 Å². The highest BCUT2D eigenvalue weighted by atomic mass is 16.5. The number of ether oxygens (including phenoxy) is 3. The Bertz CT molecular complexity index is 1320. The Morgan fingerprint density at radius 2 is 1.58 bits per heavy atom. The molecule has 1 heterocycles. The average Bonchev–Trinajstić information content (AvgIpc) is 3.25. The number of carbonyl (C=O) groups is 1. The van der Waals surface area contributed by atoms with Gasteiger partial charge in [-0.1, -0.05) is 30.3 Å². The fraction of sp³-hybridized carbons (Fsp3) is 0.241. The van der Waals surface area contributed by atoms with E-state index in [-0.39, 0.29) is 0 Å². The maximum atomic E-state index is 11.2. The number of hydrogen-bond donors (Lipinski definition) is 1. The molecule has 0 aliphatic rings. The number of aryl methyl sites for hydroxylation is 1. The van der Waals surface area contributed by atoms with Crippen LogP contribution in [-0.2, 0) is 11.2 Å². The van der Waals surface area contributed by atoms with Gasteiger partial charge in [0.15, 0.2) is 5.60 Å². The molecule has 0 amide bonds. The van der Waals surface area contributed by atoms with Crippen molar-refractivity contribution in [1.29, 1.82) is 0 Å². The summed E-state index contributed by atoms with van der Waals surface area (Å²) >= 11 is 0. The summed E-state index contributed by atoms with van der Waals surface area (Å²) in [4.78, 5) is 15.9. The number of hydrogen-bond acceptors (Lipinski definition) is 6. The maximum absolute atomic E-state index is 11.2. The van der Waals surface area contributed by atoms with Gasteiger partial charge < -0.3 is 23.7 Å². The van der Waals surface area contributed by atoms with E-state index in [1.807, 2.05) is 55.5 Å². The Kier molecular flexibility index (Phi) is 7.29. The van der Waals surface area contributed by atoms with Gasteiger partial charge in [-0.2, -0.15) is 0 Å². The summed E-state index contributed by atoms with van der Waals surface area (Å²) in [5, 5.41) is 9.19. The molecule has 186 valence electrons. The molecule has 0 radical (unpaired) electrons. The van der Waals surface area contributed by atoms with Crippen molar-refractivity contribution in [3.8, 4) is 39.8 Å². The number of aliphatic carboxylic acids is 1. The Morgan fingerprint density at radius 1 is 0.944 bits per heavy atom. The Labute approximate surface area is 210 Å². The van der Waals surface area contributed by atoms with Crippen molar-refractivity contribution >= 4 is 5.97 Å². The number of rotatable bonds is 10. The first kappa shape index (κ1) is 24.9. The third-order valence-electron chi connectivity index (χ3n) is 5.76. The van der Waals surface area contributed by atoms with Gasteiger partial charge in [-0.3, -0.25) is 0 Å². The molecule has 7 heteroatoms. The van der Waals surface area contributed by atoms with Gasteiger partial charge in [0.25, 0.3) is 0 Å². The van der Waals surface area contributed by atoms with E-state index in [1.165, 1.54) is 13.8 Å². The van der Waals surface area contributed by atoms with E-state index in [2.05, 4.69) is 4.98 Å². The zero-order valence-electron chi connectivity index (χ0n) is 20.8. The van der Waals surface area contributed by atoms with Crippen LogP contribution >= 0.6 is 0 Å². The minimum atomic E-state index is -1.31. The molecule has 0 spiro atoms. The first-order chi connectivity index (χ1) is 17.3. The molecule has 0 aliphatic carbocycles. The highest BCUT2D eigenvalue weighted by molar-refractivity contribution is 5.76. The standard InChI is InChI=1S/C29H29NO6/c1-19-25(17-18-34-22-13-15-23(16-14-22)36-29(2,3)28(31)32)30-27(35-19)21-11-9-20(10-12-21)24-7-5-6-8-26(24)33-4/h5-16H,17-18H2,1-4H3,(H,31,32). The van der Waals surface area contributed by atoms with Crippen molar-refractivity contribution in [3.05, 3.63) is 84.3 Å². The summed E-state index contributed by atoms with van der Waals surface area (Å²) in [6.07, 6.45) is 0.582. The monoisotopic (exact) mass is 487 g/mol. The van der Waals surface area contributed by atoms with Crippen molar-refractivity contribution in [2.24, 2.45) is 0 Å². The first-order valence-corrected chi connectivity index (χ1v) is 11.6. The van der Waals surface area contributed by atoms with E-state index in [0.717, 1.165) is 33.9 Å². The van der Waals surface area contributed by atoms with E-state index in [1.54, 1.807) is 31.4 Å². The minimum Gasteiger partial charge on any atom is -0.496 e. The Hall–Kier alpha value is -4.26. The second-order valence-electron chi connectivity index (χ2n) is 8.79. The summed E-state index contributed by atoms with van der Waals surface area (Å²) in [6, 6.07) is 22.8. The largest absolute Gasteiger partial charge is 0.496 e. The predicted octanol–water partition coefficient (Wildman–Crippen LogP) is 6.19. The van der Waals surface area contributed by atoms with Gasteiger partial charge in [0, 0.05) is 17.5 Å². The van der Waals surface area contributed by atoms with Gasteiger partial charge in [-0.25, -0.2) is 9.78 Å². The Balaban J connectivity index is 1.36. The lowest BCUT2D eigenvalue weighted by molar-refractivity contribution is -0.152. The lowest BCUT2D eigenvalue weighted by Crippen LogP contribution is -2.37. The zero-order chi connectivity index (χ0) is 25.7. The van der Waals surface area contributed by atoms with Crippen molar-refractivity contribution < 1.29 is 28.5 Å². The van der Waals surface area contributed by atoms with Crippen LogP contribution in [0.25, 0.3) is 22.6 Å². The van der Waals surface area contributed by atoms with Crippen molar-refractivity contribution in [2.75, 3.05) is 13.7 Å². The summed E-state index contributed by atoms with van der Waals surface area (Å²) in [7, 11) is 1.67. The molecular formula is C29H29NO6. The van der Waals surface area contributed by atoms with Gasteiger partial charge in [0.1, 0.15) is 23.0 Å². The van der Waals surface area contributed by atoms with Crippen molar-refractivity contribution in [3.63, 3.8) is 0 Å². The smallest absolute Gasteiger partial charge is 0.347 e. The van der Waals surface area contributed by atoms with Crippen LogP contribution in [0.1, 0.15) is 25.3 Å². The molecule has 0 saturated heterocycles. The van der Waals surface area contributed by atoms with Crippen LogP contribution in [0.3, 0.4) is 0 Å². The second-order valence-corrected chi connectivity index (χ2v) is 8.79. The van der Waals surface area contributed by atoms with Crippen LogP contribution in [0, 0.1) is 6.92 Å². The summed E-state index contributed by atoms with van der Waals surface area (Å²) in [6.45, 7) is 5.32. The molecule has 1 N–H and O–H groups in total. The summed E-state index contributed by atoms with van der Waals surface area (Å²) in [5.41, 5.74) is 2.50. The highest BCUT2D eigenvalue weighted by Gasteiger charge is 2.29. The molecule has 0 bridgehead atoms. The van der Waals surface area contributed by atoms with Crippen LogP contribution in [0.15, 0.2) is 77.2 Å². The number of oxazole rings is 1. The number of benzene rings is 3. The number of carboxylic acids is 1. The molecule has 1 aromatic heterocycles. The van der Waals surface area contributed by atoms with Crippen LogP contribution in [0.2, 0.25) is 0 Å². The SMILES string of the molecule is COc1ccccc1-c1ccc(-c2nc(CCOc3ccc(OC(C)(C)C(=O)O)cc3)c(C)o2)cc1. The molecule has 0 aliphatic heterocycles. The molecule has 4 rings (SSSR count). The van der Waals surface area contributed by atoms with Crippen molar-refractivity contribution in [2.45, 2.75) is 32.8 Å². The lowest BCUT2D eigenvalue weighted by Gasteiger charge is -2.21. The van der Waals surface area contributed by atoms with Crippen LogP contribution < -0.4 is 14.2 Å². The topological polar surface area (TPSA) is 91.0 Å². The zero-order valence-corrected chi connectivity index (χ0v) is 20.8. The van der Waals surface area contributed by atoms with Crippen LogP contribution in [0.4, 0.5) is 0 Å². The molecule has 0 saturated carbocycles. The van der Waals surface area contributed by atoms with E-state index in [4.69, 9.17) is 18.6 Å². The molecule has 3 aromatic carbocycles. The number of carboxylic acid groups (broad SMARTS) is 1. The van der Waals surface area contributed by atoms with Crippen LogP contribution in [0.5, 0.6) is 17.2 Å². The summed E-state index contributed by atoms with van der Waals surface area (Å²) < 4.78 is 22.7. The minimum absolute atomic E-state index is 0.417. The molecule has 36 heavy (non-hydrogen) atoms. The first-order valence-electron chi connectivity index (χ1n) is 11.6. The van der Waals surface area contributed by atoms with Gasteiger partial charge in [0.05, 0.1) is 19.4 Å². The van der Waals surface area contributed by atoms with Crippen LogP contribution in [-0.4, -0.2) is 35.4 Å². The predicted molar refractivity (Wildman–Crippen MR) is 137 cm³/mol.